The Labute approximate surface area is 151 Å². The average Bonchev–Trinajstić information content (AvgIpc) is 3.06. The number of nitriles is 1. The van der Waals surface area contributed by atoms with E-state index >= 15 is 0 Å². The summed E-state index contributed by atoms with van der Waals surface area (Å²) in [5.41, 5.74) is 0.485. The van der Waals surface area contributed by atoms with Gasteiger partial charge in [0.1, 0.15) is 12.1 Å². The van der Waals surface area contributed by atoms with Crippen molar-refractivity contribution < 1.29 is 14.3 Å². The SMILES string of the molecule is CSCCC(NC(C)=O)C(=O)N1CCC(Oc2cc(C#N)ccn2)C1. The summed E-state index contributed by atoms with van der Waals surface area (Å²) in [7, 11) is 0. The van der Waals surface area contributed by atoms with Crippen LogP contribution in [0.2, 0.25) is 0 Å². The number of amides is 2. The fourth-order valence-corrected chi connectivity index (χ4v) is 3.17. The maximum atomic E-state index is 12.7. The van der Waals surface area contributed by atoms with Crippen LogP contribution in [0.15, 0.2) is 18.3 Å². The predicted octanol–water partition coefficient (Wildman–Crippen LogP) is 1.19. The van der Waals surface area contributed by atoms with Gasteiger partial charge >= 0.3 is 0 Å². The van der Waals surface area contributed by atoms with E-state index in [4.69, 9.17) is 10.00 Å². The van der Waals surface area contributed by atoms with Crippen LogP contribution in [0.1, 0.15) is 25.3 Å². The molecular formula is C17H22N4O3S. The number of hydrogen-bond donors (Lipinski definition) is 1. The van der Waals surface area contributed by atoms with Crippen molar-refractivity contribution in [3.05, 3.63) is 23.9 Å². The van der Waals surface area contributed by atoms with Gasteiger partial charge in [-0.15, -0.1) is 0 Å². The number of likely N-dealkylation sites (tertiary alicyclic amines) is 1. The van der Waals surface area contributed by atoms with E-state index in [1.54, 1.807) is 28.8 Å². The van der Waals surface area contributed by atoms with Crippen LogP contribution in [0.5, 0.6) is 5.88 Å². The maximum absolute atomic E-state index is 12.7. The first-order valence-electron chi connectivity index (χ1n) is 8.11. The number of aromatic nitrogens is 1. The Hall–Kier alpha value is -2.27. The third-order valence-corrected chi connectivity index (χ3v) is 4.54. The lowest BCUT2D eigenvalue weighted by molar-refractivity contribution is -0.135. The van der Waals surface area contributed by atoms with Crippen LogP contribution < -0.4 is 10.1 Å². The van der Waals surface area contributed by atoms with Crippen molar-refractivity contribution in [2.24, 2.45) is 0 Å². The van der Waals surface area contributed by atoms with E-state index in [1.807, 2.05) is 12.3 Å². The Kier molecular flexibility index (Phi) is 7.07. The summed E-state index contributed by atoms with van der Waals surface area (Å²) in [5.74, 6) is 0.909. The van der Waals surface area contributed by atoms with Crippen LogP contribution in [0.25, 0.3) is 0 Å². The second-order valence-corrected chi connectivity index (χ2v) is 6.83. The number of carbonyl (C=O) groups is 2. The van der Waals surface area contributed by atoms with E-state index in [1.165, 1.54) is 13.1 Å². The Balaban J connectivity index is 1.94. The van der Waals surface area contributed by atoms with E-state index in [9.17, 15) is 9.59 Å². The monoisotopic (exact) mass is 362 g/mol. The molecule has 25 heavy (non-hydrogen) atoms. The molecule has 2 rings (SSSR count). The van der Waals surface area contributed by atoms with E-state index in [-0.39, 0.29) is 17.9 Å². The van der Waals surface area contributed by atoms with Gasteiger partial charge in [-0.25, -0.2) is 4.98 Å². The molecule has 1 aromatic rings. The molecule has 0 bridgehead atoms. The molecule has 0 saturated carbocycles. The van der Waals surface area contributed by atoms with Crippen molar-refractivity contribution in [3.8, 4) is 11.9 Å². The molecule has 1 N–H and O–H groups in total. The minimum absolute atomic E-state index is 0.0749. The normalized spacial score (nSPS) is 17.6. The summed E-state index contributed by atoms with van der Waals surface area (Å²) >= 11 is 1.64. The summed E-state index contributed by atoms with van der Waals surface area (Å²) in [6.07, 6.45) is 4.63. The molecule has 0 spiro atoms. The van der Waals surface area contributed by atoms with Gasteiger partial charge in [-0.2, -0.15) is 17.0 Å². The maximum Gasteiger partial charge on any atom is 0.245 e. The van der Waals surface area contributed by atoms with Gasteiger partial charge in [0.05, 0.1) is 18.2 Å². The lowest BCUT2D eigenvalue weighted by Crippen LogP contribution is -2.48. The molecule has 0 aliphatic carbocycles. The Morgan fingerprint density at radius 3 is 3.08 bits per heavy atom. The second kappa shape index (κ2) is 9.28. The predicted molar refractivity (Wildman–Crippen MR) is 95.2 cm³/mol. The van der Waals surface area contributed by atoms with Gasteiger partial charge < -0.3 is 15.0 Å². The largest absolute Gasteiger partial charge is 0.472 e. The number of thioether (sulfide) groups is 1. The first-order chi connectivity index (χ1) is 12.0. The second-order valence-electron chi connectivity index (χ2n) is 5.84. The molecule has 134 valence electrons. The van der Waals surface area contributed by atoms with Crippen molar-refractivity contribution in [3.63, 3.8) is 0 Å². The Morgan fingerprint density at radius 2 is 2.40 bits per heavy atom. The van der Waals surface area contributed by atoms with Gasteiger partial charge in [-0.1, -0.05) is 0 Å². The van der Waals surface area contributed by atoms with Crippen LogP contribution >= 0.6 is 11.8 Å². The highest BCUT2D eigenvalue weighted by atomic mass is 32.2. The molecule has 0 aromatic carbocycles. The van der Waals surface area contributed by atoms with E-state index in [0.717, 1.165) is 5.75 Å². The molecule has 2 atom stereocenters. The van der Waals surface area contributed by atoms with Gasteiger partial charge in [-0.05, 0) is 24.5 Å². The molecule has 1 aliphatic heterocycles. The first-order valence-corrected chi connectivity index (χ1v) is 9.50. The minimum atomic E-state index is -0.497. The van der Waals surface area contributed by atoms with E-state index < -0.39 is 6.04 Å². The molecule has 7 nitrogen and oxygen atoms in total. The van der Waals surface area contributed by atoms with Crippen LogP contribution in [0.3, 0.4) is 0 Å². The summed E-state index contributed by atoms with van der Waals surface area (Å²) in [4.78, 5) is 29.8. The molecule has 0 radical (unpaired) electrons. The third-order valence-electron chi connectivity index (χ3n) is 3.89. The Bertz CT molecular complexity index is 662. The standard InChI is InChI=1S/C17H22N4O3S/c1-12(22)20-15(5-8-25-2)17(23)21-7-4-14(11-21)24-16-9-13(10-18)3-6-19-16/h3,6,9,14-15H,4-5,7-8,11H2,1-2H3,(H,20,22). The lowest BCUT2D eigenvalue weighted by atomic mass is 10.2. The molecular weight excluding hydrogens is 340 g/mol. The summed E-state index contributed by atoms with van der Waals surface area (Å²) in [6, 6.07) is 4.75. The van der Waals surface area contributed by atoms with Gasteiger partial charge in [0.25, 0.3) is 0 Å². The number of ether oxygens (including phenoxy) is 1. The number of pyridine rings is 1. The molecule has 2 heterocycles. The molecule has 1 aromatic heterocycles. The number of nitrogens with zero attached hydrogens (tertiary/aromatic N) is 3. The van der Waals surface area contributed by atoms with Gasteiger partial charge in [-0.3, -0.25) is 9.59 Å². The summed E-state index contributed by atoms with van der Waals surface area (Å²) in [5, 5.41) is 11.7. The van der Waals surface area contributed by atoms with Crippen LogP contribution in [0.4, 0.5) is 0 Å². The average molecular weight is 362 g/mol. The van der Waals surface area contributed by atoms with Crippen molar-refractivity contribution in [2.75, 3.05) is 25.1 Å². The fraction of sp³-hybridized carbons (Fsp3) is 0.529. The quantitative estimate of drug-likeness (QED) is 0.783. The van der Waals surface area contributed by atoms with Gasteiger partial charge in [0.2, 0.25) is 17.7 Å². The molecule has 2 unspecified atom stereocenters. The molecule has 2 amide bonds. The molecule has 8 heteroatoms. The zero-order valence-electron chi connectivity index (χ0n) is 14.4. The Morgan fingerprint density at radius 1 is 1.60 bits per heavy atom. The van der Waals surface area contributed by atoms with Crippen LogP contribution in [0, 0.1) is 11.3 Å². The van der Waals surface area contributed by atoms with Crippen molar-refractivity contribution in [1.29, 1.82) is 5.26 Å². The van der Waals surface area contributed by atoms with E-state index in [0.29, 0.717) is 37.4 Å². The highest BCUT2D eigenvalue weighted by molar-refractivity contribution is 7.98. The van der Waals surface area contributed by atoms with E-state index in [2.05, 4.69) is 10.3 Å². The van der Waals surface area contributed by atoms with Crippen LogP contribution in [-0.2, 0) is 9.59 Å². The number of rotatable bonds is 7. The van der Waals surface area contributed by atoms with Gasteiger partial charge in [0.15, 0.2) is 0 Å². The first kappa shape index (κ1) is 19.1. The summed E-state index contributed by atoms with van der Waals surface area (Å²) in [6.45, 7) is 2.45. The van der Waals surface area contributed by atoms with Crippen LogP contribution in [-0.4, -0.2) is 58.9 Å². The topological polar surface area (TPSA) is 95.3 Å². The lowest BCUT2D eigenvalue weighted by Gasteiger charge is -2.24. The smallest absolute Gasteiger partial charge is 0.245 e. The summed E-state index contributed by atoms with van der Waals surface area (Å²) < 4.78 is 5.79. The zero-order chi connectivity index (χ0) is 18.2. The third kappa shape index (κ3) is 5.64. The number of hydrogen-bond acceptors (Lipinski definition) is 6. The van der Waals surface area contributed by atoms with Crippen molar-refractivity contribution in [1.82, 2.24) is 15.2 Å². The molecule has 1 saturated heterocycles. The molecule has 1 aliphatic rings. The zero-order valence-corrected chi connectivity index (χ0v) is 15.2. The minimum Gasteiger partial charge on any atom is -0.472 e. The number of carbonyl (C=O) groups excluding carboxylic acids is 2. The fourth-order valence-electron chi connectivity index (χ4n) is 2.70. The molecule has 1 fully saturated rings. The van der Waals surface area contributed by atoms with Crippen molar-refractivity contribution >= 4 is 23.6 Å². The number of nitrogens with one attached hydrogen (secondary N) is 1. The van der Waals surface area contributed by atoms with Gasteiger partial charge in [0, 0.05) is 32.2 Å². The van der Waals surface area contributed by atoms with Crippen molar-refractivity contribution in [2.45, 2.75) is 31.9 Å². The highest BCUT2D eigenvalue weighted by Gasteiger charge is 2.32. The highest BCUT2D eigenvalue weighted by Crippen LogP contribution is 2.18.